The number of halogens is 2. The normalized spacial score (nSPS) is 17.3. The number of carbonyl (C=O) groups excluding carboxylic acids is 1. The third kappa shape index (κ3) is 5.87. The molecule has 2 aliphatic heterocycles. The van der Waals surface area contributed by atoms with E-state index in [-0.39, 0.29) is 41.8 Å². The molecule has 1 fully saturated rings. The van der Waals surface area contributed by atoms with Crippen LogP contribution in [0.3, 0.4) is 0 Å². The molecule has 0 spiro atoms. The topological polar surface area (TPSA) is 100 Å². The van der Waals surface area contributed by atoms with E-state index in [1.807, 2.05) is 26.0 Å². The molecule has 2 aromatic carbocycles. The summed E-state index contributed by atoms with van der Waals surface area (Å²) in [6, 6.07) is 14.2. The van der Waals surface area contributed by atoms with Crippen LogP contribution < -0.4 is 19.7 Å². The molecule has 0 radical (unpaired) electrons. The van der Waals surface area contributed by atoms with Gasteiger partial charge in [-0.3, -0.25) is 4.79 Å². The fourth-order valence-corrected chi connectivity index (χ4v) is 6.00. The maximum absolute atomic E-state index is 14.9. The quantitative estimate of drug-likeness (QED) is 0.252. The summed E-state index contributed by atoms with van der Waals surface area (Å²) in [5.74, 6) is -0.161. The summed E-state index contributed by atoms with van der Waals surface area (Å²) in [6.45, 7) is 5.82. The number of pyridine rings is 2. The third-order valence-electron chi connectivity index (χ3n) is 8.56. The number of fused-ring (bicyclic) bond motifs is 1. The summed E-state index contributed by atoms with van der Waals surface area (Å²) in [4.78, 5) is 26.8. The number of rotatable bonds is 8. The molecule has 0 aliphatic carbocycles. The molecule has 1 unspecified atom stereocenters. The number of benzene rings is 2. The molecule has 2 aliphatic rings. The van der Waals surface area contributed by atoms with Gasteiger partial charge in [-0.1, -0.05) is 19.9 Å². The molecule has 1 saturated heterocycles. The molecule has 2 N–H and O–H groups in total. The summed E-state index contributed by atoms with van der Waals surface area (Å²) >= 11 is 0. The molecule has 4 aromatic rings. The van der Waals surface area contributed by atoms with Crippen LogP contribution in [0, 0.1) is 17.0 Å². The molecule has 6 rings (SSSR count). The van der Waals surface area contributed by atoms with Crippen LogP contribution in [-0.4, -0.2) is 59.3 Å². The Hall–Kier alpha value is -4.77. The van der Waals surface area contributed by atoms with Gasteiger partial charge in [0.25, 0.3) is 5.91 Å². The fourth-order valence-electron chi connectivity index (χ4n) is 6.00. The van der Waals surface area contributed by atoms with E-state index in [1.165, 1.54) is 24.3 Å². The summed E-state index contributed by atoms with van der Waals surface area (Å²) in [7, 11) is 3.11. The zero-order valence-corrected chi connectivity index (χ0v) is 25.6. The molecule has 1 amide bonds. The van der Waals surface area contributed by atoms with Gasteiger partial charge in [-0.15, -0.1) is 0 Å². The molecule has 45 heavy (non-hydrogen) atoms. The maximum atomic E-state index is 14.9. The van der Waals surface area contributed by atoms with E-state index in [2.05, 4.69) is 20.2 Å². The zero-order chi connectivity index (χ0) is 31.9. The molecule has 9 nitrogen and oxygen atoms in total. The van der Waals surface area contributed by atoms with Crippen LogP contribution in [0.25, 0.3) is 11.3 Å². The number of aromatic nitrogens is 2. The fraction of sp³-hybridized carbons (Fsp3) is 0.324. The van der Waals surface area contributed by atoms with Crippen molar-refractivity contribution in [2.24, 2.45) is 5.41 Å². The Morgan fingerprint density at radius 3 is 2.49 bits per heavy atom. The number of carbonyl (C=O) groups is 1. The Kier molecular flexibility index (Phi) is 8.05. The second-order valence-corrected chi connectivity index (χ2v) is 12.1. The monoisotopic (exact) mass is 615 g/mol. The number of piperidine rings is 1. The average Bonchev–Trinajstić information content (AvgIpc) is 3.33. The van der Waals surface area contributed by atoms with Gasteiger partial charge >= 0.3 is 0 Å². The molecule has 1 atom stereocenters. The molecular formula is C34H35F2N5O4. The highest BCUT2D eigenvalue weighted by Gasteiger charge is 2.35. The van der Waals surface area contributed by atoms with Gasteiger partial charge in [-0.2, -0.15) is 0 Å². The summed E-state index contributed by atoms with van der Waals surface area (Å²) in [5.41, 5.74) is 2.24. The van der Waals surface area contributed by atoms with Gasteiger partial charge in [-0.25, -0.2) is 18.7 Å². The first-order chi connectivity index (χ1) is 21.6. The van der Waals surface area contributed by atoms with Crippen molar-refractivity contribution < 1.29 is 28.2 Å². The van der Waals surface area contributed by atoms with E-state index in [1.54, 1.807) is 43.5 Å². The first kappa shape index (κ1) is 30.3. The highest BCUT2D eigenvalue weighted by Crippen LogP contribution is 2.37. The van der Waals surface area contributed by atoms with Crippen LogP contribution in [0.1, 0.15) is 41.9 Å². The standard InChI is InChI=1S/C34H35F2N5O4/c1-34(2)19-40(13-12-29(34)42)21-9-11-30(37-16-21)39-26-15-25(31-23(35)6-5-7-24(31)36)38-27-18-41(33(43)32(26)27)17-20-8-10-22(44-3)14-28(20)45-4/h5-11,14-16,29,42H,12-13,17-19H2,1-4H3,(H,37,38,39). The number of hydrogen-bond acceptors (Lipinski definition) is 8. The number of anilines is 3. The number of hydrogen-bond donors (Lipinski definition) is 2. The zero-order valence-electron chi connectivity index (χ0n) is 25.6. The minimum atomic E-state index is -0.755. The van der Waals surface area contributed by atoms with Crippen molar-refractivity contribution in [3.8, 4) is 22.8 Å². The maximum Gasteiger partial charge on any atom is 0.258 e. The Bertz CT molecular complexity index is 1730. The predicted octanol–water partition coefficient (Wildman–Crippen LogP) is 5.94. The first-order valence-electron chi connectivity index (χ1n) is 14.7. The lowest BCUT2D eigenvalue weighted by atomic mass is 9.81. The van der Waals surface area contributed by atoms with Crippen LogP contribution in [0.4, 0.5) is 26.0 Å². The Balaban J connectivity index is 1.33. The van der Waals surface area contributed by atoms with Crippen LogP contribution in [0.2, 0.25) is 0 Å². The number of amides is 1. The molecule has 0 bridgehead atoms. The van der Waals surface area contributed by atoms with E-state index in [9.17, 15) is 18.7 Å². The van der Waals surface area contributed by atoms with Crippen LogP contribution in [-0.2, 0) is 13.1 Å². The summed E-state index contributed by atoms with van der Waals surface area (Å²) < 4.78 is 40.6. The van der Waals surface area contributed by atoms with E-state index in [4.69, 9.17) is 9.47 Å². The SMILES string of the molecule is COc1ccc(CN2Cc3nc(-c4c(F)cccc4F)cc(Nc4ccc(N5CCC(O)C(C)(C)C5)cn4)c3C2=O)c(OC)c1. The van der Waals surface area contributed by atoms with Crippen molar-refractivity contribution in [1.82, 2.24) is 14.9 Å². The number of aliphatic hydroxyl groups excluding tert-OH is 1. The first-order valence-corrected chi connectivity index (χ1v) is 14.7. The number of nitrogens with one attached hydrogen (secondary N) is 1. The molecule has 234 valence electrons. The molecule has 4 heterocycles. The lowest BCUT2D eigenvalue weighted by Gasteiger charge is -2.42. The van der Waals surface area contributed by atoms with Crippen molar-refractivity contribution in [2.45, 2.75) is 39.5 Å². The highest BCUT2D eigenvalue weighted by molar-refractivity contribution is 6.04. The molecule has 2 aromatic heterocycles. The van der Waals surface area contributed by atoms with Crippen molar-refractivity contribution >= 4 is 23.1 Å². The lowest BCUT2D eigenvalue weighted by Crippen LogP contribution is -2.48. The van der Waals surface area contributed by atoms with Crippen molar-refractivity contribution in [3.05, 3.63) is 89.2 Å². The Morgan fingerprint density at radius 2 is 1.82 bits per heavy atom. The predicted molar refractivity (Wildman–Crippen MR) is 167 cm³/mol. The smallest absolute Gasteiger partial charge is 0.258 e. The van der Waals surface area contributed by atoms with E-state index >= 15 is 0 Å². The van der Waals surface area contributed by atoms with Gasteiger partial charge < -0.3 is 29.7 Å². The number of methoxy groups -OCH3 is 2. The largest absolute Gasteiger partial charge is 0.497 e. The summed E-state index contributed by atoms with van der Waals surface area (Å²) in [5, 5.41) is 13.6. The minimum absolute atomic E-state index is 0.0641. The van der Waals surface area contributed by atoms with Crippen molar-refractivity contribution in [3.63, 3.8) is 0 Å². The number of ether oxygens (including phenoxy) is 2. The van der Waals surface area contributed by atoms with Gasteiger partial charge in [0.1, 0.15) is 29.0 Å². The lowest BCUT2D eigenvalue weighted by molar-refractivity contribution is 0.0336. The summed E-state index contributed by atoms with van der Waals surface area (Å²) in [6.07, 6.45) is 2.03. The number of aliphatic hydroxyl groups is 1. The molecule has 0 saturated carbocycles. The number of nitrogens with zero attached hydrogens (tertiary/aromatic N) is 4. The van der Waals surface area contributed by atoms with Crippen LogP contribution >= 0.6 is 0 Å². The Labute approximate surface area is 260 Å². The van der Waals surface area contributed by atoms with E-state index < -0.39 is 11.6 Å². The van der Waals surface area contributed by atoms with Gasteiger partial charge in [-0.05, 0) is 48.9 Å². The highest BCUT2D eigenvalue weighted by atomic mass is 19.1. The van der Waals surface area contributed by atoms with Crippen LogP contribution in [0.5, 0.6) is 11.5 Å². The molecular weight excluding hydrogens is 580 g/mol. The minimum Gasteiger partial charge on any atom is -0.497 e. The van der Waals surface area contributed by atoms with Gasteiger partial charge in [0, 0.05) is 30.1 Å². The van der Waals surface area contributed by atoms with Crippen LogP contribution in [0.15, 0.2) is 60.8 Å². The third-order valence-corrected chi connectivity index (χ3v) is 8.56. The second kappa shape index (κ2) is 12.0. The van der Waals surface area contributed by atoms with E-state index in [0.29, 0.717) is 53.8 Å². The van der Waals surface area contributed by atoms with Crippen molar-refractivity contribution in [1.29, 1.82) is 0 Å². The Morgan fingerprint density at radius 1 is 1.04 bits per heavy atom. The van der Waals surface area contributed by atoms with Gasteiger partial charge in [0.15, 0.2) is 0 Å². The second-order valence-electron chi connectivity index (χ2n) is 12.1. The van der Waals surface area contributed by atoms with Crippen molar-refractivity contribution in [2.75, 3.05) is 37.5 Å². The van der Waals surface area contributed by atoms with E-state index in [0.717, 1.165) is 11.3 Å². The van der Waals surface area contributed by atoms with Gasteiger partial charge in [0.2, 0.25) is 0 Å². The average molecular weight is 616 g/mol. The van der Waals surface area contributed by atoms with Gasteiger partial charge in [0.05, 0.1) is 73.5 Å². The molecule has 11 heteroatoms.